The summed E-state index contributed by atoms with van der Waals surface area (Å²) >= 11 is 0. The largest absolute Gasteiger partial charge is 0.370 e. The smallest absolute Gasteiger partial charge is 0.188 e. The molecule has 0 aliphatic carbocycles. The fourth-order valence-electron chi connectivity index (χ4n) is 2.59. The summed E-state index contributed by atoms with van der Waals surface area (Å²) in [6.45, 7) is 5.15. The van der Waals surface area contributed by atoms with Crippen molar-refractivity contribution in [3.8, 4) is 5.82 Å². The normalized spacial score (nSPS) is 11.5. The minimum atomic E-state index is 0.420. The van der Waals surface area contributed by atoms with Gasteiger partial charge in [-0.2, -0.15) is 5.10 Å². The third-order valence-electron chi connectivity index (χ3n) is 3.88. The average molecular weight is 349 g/mol. The summed E-state index contributed by atoms with van der Waals surface area (Å²) in [5.74, 6) is 1.22. The van der Waals surface area contributed by atoms with Crippen LogP contribution < -0.4 is 11.1 Å². The van der Waals surface area contributed by atoms with E-state index < -0.39 is 0 Å². The third-order valence-corrected chi connectivity index (χ3v) is 3.88. The molecule has 0 saturated heterocycles. The van der Waals surface area contributed by atoms with Crippen LogP contribution in [0.1, 0.15) is 22.6 Å². The van der Waals surface area contributed by atoms with Crippen LogP contribution in [-0.4, -0.2) is 32.3 Å². The summed E-state index contributed by atoms with van der Waals surface area (Å²) in [6.07, 6.45) is 4.39. The molecule has 134 valence electrons. The first-order chi connectivity index (χ1) is 12.6. The second kappa shape index (κ2) is 8.24. The fourth-order valence-corrected chi connectivity index (χ4v) is 2.59. The van der Waals surface area contributed by atoms with Gasteiger partial charge in [0, 0.05) is 36.7 Å². The predicted octanol–water partition coefficient (Wildman–Crippen LogP) is 1.93. The fraction of sp³-hybridized carbons (Fsp3) is 0.263. The topological polar surface area (TPSA) is 94.0 Å². The van der Waals surface area contributed by atoms with E-state index in [0.29, 0.717) is 19.0 Å². The summed E-state index contributed by atoms with van der Waals surface area (Å²) in [6, 6.07) is 11.8. The molecule has 3 aromatic heterocycles. The van der Waals surface area contributed by atoms with Crippen molar-refractivity contribution in [2.45, 2.75) is 26.8 Å². The molecular formula is C19H23N7. The number of rotatable bonds is 6. The lowest BCUT2D eigenvalue weighted by Crippen LogP contribution is -2.33. The first-order valence-corrected chi connectivity index (χ1v) is 8.54. The molecule has 0 unspecified atom stereocenters. The number of nitrogens with two attached hydrogens (primary N) is 1. The monoisotopic (exact) mass is 349 g/mol. The van der Waals surface area contributed by atoms with Gasteiger partial charge in [-0.05, 0) is 43.7 Å². The van der Waals surface area contributed by atoms with Crippen molar-refractivity contribution in [1.29, 1.82) is 0 Å². The van der Waals surface area contributed by atoms with Gasteiger partial charge in [0.2, 0.25) is 0 Å². The van der Waals surface area contributed by atoms with Gasteiger partial charge < -0.3 is 11.1 Å². The molecule has 3 N–H and O–H groups in total. The summed E-state index contributed by atoms with van der Waals surface area (Å²) < 4.78 is 1.83. The molecule has 0 radical (unpaired) electrons. The van der Waals surface area contributed by atoms with Gasteiger partial charge >= 0.3 is 0 Å². The molecule has 0 bridgehead atoms. The Morgan fingerprint density at radius 2 is 2.08 bits per heavy atom. The number of hydrogen-bond acceptors (Lipinski definition) is 4. The summed E-state index contributed by atoms with van der Waals surface area (Å²) in [5.41, 5.74) is 9.96. The van der Waals surface area contributed by atoms with E-state index in [-0.39, 0.29) is 0 Å². The van der Waals surface area contributed by atoms with Gasteiger partial charge in [0.15, 0.2) is 11.8 Å². The number of pyridine rings is 2. The zero-order chi connectivity index (χ0) is 18.4. The molecule has 0 aliphatic rings. The van der Waals surface area contributed by atoms with Crippen LogP contribution in [0.5, 0.6) is 0 Å². The average Bonchev–Trinajstić information content (AvgIpc) is 2.99. The number of hydrogen-bond donors (Lipinski definition) is 2. The number of aromatic nitrogens is 4. The maximum atomic E-state index is 5.91. The molecule has 0 saturated carbocycles. The van der Waals surface area contributed by atoms with E-state index in [1.165, 1.54) is 0 Å². The first kappa shape index (κ1) is 17.6. The molecule has 0 spiro atoms. The molecule has 3 heterocycles. The molecule has 0 atom stereocenters. The summed E-state index contributed by atoms with van der Waals surface area (Å²) in [4.78, 5) is 13.1. The highest BCUT2D eigenvalue weighted by atomic mass is 15.3. The molecule has 0 aliphatic heterocycles. The van der Waals surface area contributed by atoms with Gasteiger partial charge in [-0.25, -0.2) is 14.7 Å². The van der Waals surface area contributed by atoms with Crippen LogP contribution in [0.2, 0.25) is 0 Å². The number of guanidine groups is 1. The van der Waals surface area contributed by atoms with Crippen LogP contribution in [0, 0.1) is 13.8 Å². The molecular weight excluding hydrogens is 326 g/mol. The quantitative estimate of drug-likeness (QED) is 0.524. The zero-order valence-corrected chi connectivity index (χ0v) is 15.1. The Kier molecular flexibility index (Phi) is 5.58. The standard InChI is InChI=1S/C19H23N7/c1-14-11-15(2)26(25-14)18-7-6-16(12-23-18)13-24-19(20)22-10-8-17-5-3-4-9-21-17/h3-7,9,11-12H,8,10,13H2,1-2H3,(H3,20,22,24). The van der Waals surface area contributed by atoms with Crippen molar-refractivity contribution in [1.82, 2.24) is 25.1 Å². The van der Waals surface area contributed by atoms with Gasteiger partial charge in [0.1, 0.15) is 0 Å². The number of nitrogens with zero attached hydrogens (tertiary/aromatic N) is 5. The number of nitrogens with one attached hydrogen (secondary N) is 1. The molecule has 0 fully saturated rings. The molecule has 26 heavy (non-hydrogen) atoms. The lowest BCUT2D eigenvalue weighted by Gasteiger charge is -2.06. The van der Waals surface area contributed by atoms with E-state index >= 15 is 0 Å². The number of aliphatic imine (C=N–C) groups is 1. The van der Waals surface area contributed by atoms with Gasteiger partial charge in [-0.15, -0.1) is 0 Å². The van der Waals surface area contributed by atoms with E-state index in [1.54, 1.807) is 12.4 Å². The summed E-state index contributed by atoms with van der Waals surface area (Å²) in [5, 5.41) is 7.54. The van der Waals surface area contributed by atoms with Crippen LogP contribution in [-0.2, 0) is 13.0 Å². The van der Waals surface area contributed by atoms with Crippen LogP contribution in [0.15, 0.2) is 53.8 Å². The van der Waals surface area contributed by atoms with Crippen LogP contribution in [0.4, 0.5) is 0 Å². The van der Waals surface area contributed by atoms with Crippen molar-refractivity contribution >= 4 is 5.96 Å². The highest BCUT2D eigenvalue weighted by Gasteiger charge is 2.04. The Labute approximate surface area is 153 Å². The predicted molar refractivity (Wildman–Crippen MR) is 102 cm³/mol. The second-order valence-corrected chi connectivity index (χ2v) is 6.06. The van der Waals surface area contributed by atoms with Gasteiger partial charge in [-0.3, -0.25) is 4.98 Å². The van der Waals surface area contributed by atoms with Gasteiger partial charge in [-0.1, -0.05) is 12.1 Å². The molecule has 3 rings (SSSR count). The van der Waals surface area contributed by atoms with Crippen molar-refractivity contribution in [3.63, 3.8) is 0 Å². The van der Waals surface area contributed by atoms with Crippen molar-refractivity contribution in [2.24, 2.45) is 10.7 Å². The highest BCUT2D eigenvalue weighted by Crippen LogP contribution is 2.10. The van der Waals surface area contributed by atoms with Crippen molar-refractivity contribution < 1.29 is 0 Å². The lowest BCUT2D eigenvalue weighted by atomic mass is 10.3. The van der Waals surface area contributed by atoms with E-state index in [9.17, 15) is 0 Å². The Hall–Kier alpha value is -3.22. The van der Waals surface area contributed by atoms with Crippen LogP contribution in [0.25, 0.3) is 5.82 Å². The van der Waals surface area contributed by atoms with Crippen LogP contribution >= 0.6 is 0 Å². The van der Waals surface area contributed by atoms with E-state index in [1.807, 2.05) is 54.9 Å². The van der Waals surface area contributed by atoms with Crippen molar-refractivity contribution in [2.75, 3.05) is 6.54 Å². The van der Waals surface area contributed by atoms with Gasteiger partial charge in [0.25, 0.3) is 0 Å². The first-order valence-electron chi connectivity index (χ1n) is 8.54. The Bertz CT molecular complexity index is 867. The molecule has 0 amide bonds. The van der Waals surface area contributed by atoms with E-state index in [0.717, 1.165) is 34.9 Å². The molecule has 7 nitrogen and oxygen atoms in total. The maximum Gasteiger partial charge on any atom is 0.188 e. The van der Waals surface area contributed by atoms with Gasteiger partial charge in [0.05, 0.1) is 12.2 Å². The lowest BCUT2D eigenvalue weighted by molar-refractivity contribution is 0.802. The van der Waals surface area contributed by atoms with Crippen LogP contribution in [0.3, 0.4) is 0 Å². The third kappa shape index (κ3) is 4.66. The Morgan fingerprint density at radius 3 is 2.73 bits per heavy atom. The molecule has 3 aromatic rings. The Morgan fingerprint density at radius 1 is 1.19 bits per heavy atom. The second-order valence-electron chi connectivity index (χ2n) is 6.06. The Balaban J connectivity index is 1.52. The molecule has 0 aromatic carbocycles. The minimum absolute atomic E-state index is 0.420. The summed E-state index contributed by atoms with van der Waals surface area (Å²) in [7, 11) is 0. The SMILES string of the molecule is Cc1cc(C)n(-c2ccc(CN=C(N)NCCc3ccccn3)cn2)n1. The number of aryl methyl sites for hydroxylation is 2. The van der Waals surface area contributed by atoms with E-state index in [2.05, 4.69) is 25.4 Å². The zero-order valence-electron chi connectivity index (χ0n) is 15.1. The van der Waals surface area contributed by atoms with Crippen molar-refractivity contribution in [3.05, 3.63) is 71.4 Å². The molecule has 7 heteroatoms. The maximum absolute atomic E-state index is 5.91. The van der Waals surface area contributed by atoms with E-state index in [4.69, 9.17) is 5.73 Å². The minimum Gasteiger partial charge on any atom is -0.370 e. The highest BCUT2D eigenvalue weighted by molar-refractivity contribution is 5.77.